The first-order valence-corrected chi connectivity index (χ1v) is 19.9. The van der Waals surface area contributed by atoms with Crippen molar-refractivity contribution in [2.45, 2.75) is 221 Å². The molecular formula is C44H74O10S. The second kappa shape index (κ2) is 15.6. The normalized spacial score (nSPS) is 13.7. The lowest BCUT2D eigenvalue weighted by molar-refractivity contribution is 0.0693. The summed E-state index contributed by atoms with van der Waals surface area (Å²) in [5, 5.41) is 24.4. The summed E-state index contributed by atoms with van der Waals surface area (Å²) in [6.07, 6.45) is 0. The number of ether oxygens (including phenoxy) is 8. The van der Waals surface area contributed by atoms with E-state index in [0.29, 0.717) is 9.79 Å². The van der Waals surface area contributed by atoms with E-state index < -0.39 is 44.8 Å². The highest BCUT2D eigenvalue weighted by Gasteiger charge is 2.41. The summed E-state index contributed by atoms with van der Waals surface area (Å²) in [7, 11) is 0. The van der Waals surface area contributed by atoms with Crippen molar-refractivity contribution in [1.29, 1.82) is 0 Å². The molecule has 0 radical (unpaired) electrons. The van der Waals surface area contributed by atoms with Gasteiger partial charge in [0.05, 0.1) is 0 Å². The van der Waals surface area contributed by atoms with E-state index in [4.69, 9.17) is 37.9 Å². The van der Waals surface area contributed by atoms with E-state index in [-0.39, 0.29) is 57.5 Å². The second-order valence-corrected chi connectivity index (χ2v) is 22.8. The van der Waals surface area contributed by atoms with Gasteiger partial charge >= 0.3 is 0 Å². The van der Waals surface area contributed by atoms with Crippen LogP contribution in [0.2, 0.25) is 0 Å². The molecule has 11 heteroatoms. The molecule has 316 valence electrons. The van der Waals surface area contributed by atoms with Crippen LogP contribution in [0.15, 0.2) is 9.79 Å². The van der Waals surface area contributed by atoms with Gasteiger partial charge in [-0.25, -0.2) is 0 Å². The molecule has 0 spiro atoms. The summed E-state index contributed by atoms with van der Waals surface area (Å²) < 4.78 is 53.5. The van der Waals surface area contributed by atoms with Gasteiger partial charge in [0, 0.05) is 0 Å². The number of phenols is 2. The van der Waals surface area contributed by atoms with Crippen molar-refractivity contribution in [3.8, 4) is 57.5 Å². The minimum atomic E-state index is -0.783. The van der Waals surface area contributed by atoms with Gasteiger partial charge in [-0.3, -0.25) is 0 Å². The van der Waals surface area contributed by atoms with Crippen LogP contribution in [-0.2, 0) is 0 Å². The van der Waals surface area contributed by atoms with Crippen molar-refractivity contribution in [3.05, 3.63) is 0 Å². The number of rotatable bonds is 10. The Bertz CT molecular complexity index is 1420. The maximum absolute atomic E-state index is 12.2. The van der Waals surface area contributed by atoms with Gasteiger partial charge in [0.25, 0.3) is 0 Å². The fourth-order valence-corrected chi connectivity index (χ4v) is 5.85. The number of hydrogen-bond acceptors (Lipinski definition) is 11. The molecule has 0 fully saturated rings. The van der Waals surface area contributed by atoms with E-state index >= 15 is 0 Å². The van der Waals surface area contributed by atoms with E-state index in [1.54, 1.807) is 0 Å². The summed E-state index contributed by atoms with van der Waals surface area (Å²) in [5.74, 6) is 0.551. The van der Waals surface area contributed by atoms with Gasteiger partial charge < -0.3 is 48.1 Å². The number of benzene rings is 2. The number of hydrogen-bond donors (Lipinski definition) is 2. The minimum Gasteiger partial charge on any atom is -0.501 e. The molecule has 0 aromatic heterocycles. The van der Waals surface area contributed by atoms with Crippen LogP contribution in [0.1, 0.15) is 166 Å². The van der Waals surface area contributed by atoms with Crippen LogP contribution in [0.4, 0.5) is 0 Å². The Labute approximate surface area is 337 Å². The third kappa shape index (κ3) is 15.3. The molecule has 2 rings (SSSR count). The third-order valence-corrected chi connectivity index (χ3v) is 7.13. The topological polar surface area (TPSA) is 114 Å². The molecule has 0 amide bonds. The van der Waals surface area contributed by atoms with E-state index in [9.17, 15) is 10.2 Å². The zero-order valence-electron chi connectivity index (χ0n) is 38.6. The number of aromatic hydroxyl groups is 2. The summed E-state index contributed by atoms with van der Waals surface area (Å²) in [6.45, 7) is 45.6. The van der Waals surface area contributed by atoms with Gasteiger partial charge in [-0.05, 0) is 166 Å². The van der Waals surface area contributed by atoms with Crippen LogP contribution in [-0.4, -0.2) is 55.0 Å². The molecule has 2 aromatic carbocycles. The molecule has 0 aliphatic heterocycles. The lowest BCUT2D eigenvalue weighted by Gasteiger charge is -2.36. The van der Waals surface area contributed by atoms with Crippen molar-refractivity contribution in [2.24, 2.45) is 0 Å². The van der Waals surface area contributed by atoms with Gasteiger partial charge in [-0.1, -0.05) is 11.8 Å². The van der Waals surface area contributed by atoms with Gasteiger partial charge in [-0.15, -0.1) is 0 Å². The molecular weight excluding hydrogens is 721 g/mol. The summed E-state index contributed by atoms with van der Waals surface area (Å²) in [4.78, 5) is 0.792. The van der Waals surface area contributed by atoms with Crippen LogP contribution in [0.5, 0.6) is 57.5 Å². The summed E-state index contributed by atoms with van der Waals surface area (Å²) >= 11 is 1.19. The average molecular weight is 795 g/mol. The van der Waals surface area contributed by atoms with E-state index in [0.717, 1.165) is 0 Å². The Morgan fingerprint density at radius 2 is 0.382 bits per heavy atom. The Kier molecular flexibility index (Phi) is 13.6. The predicted octanol–water partition coefficient (Wildman–Crippen LogP) is 12.7. The lowest BCUT2D eigenvalue weighted by atomic mass is 10.1. The first-order valence-electron chi connectivity index (χ1n) is 19.1. The highest BCUT2D eigenvalue weighted by Crippen LogP contribution is 2.65. The Morgan fingerprint density at radius 3 is 0.509 bits per heavy atom. The zero-order chi connectivity index (χ0) is 43.3. The van der Waals surface area contributed by atoms with E-state index in [2.05, 4.69) is 0 Å². The number of phenolic OH excluding ortho intramolecular Hbond substituents is 2. The SMILES string of the molecule is CC(C)(C)Oc1c(O)c(OC(C)(C)C)c(OC(C)(C)C)c(Sc2c(OC(C)(C)C)c(OC(C)(C)C)c(O)c(OC(C)(C)C)c2OC(C)(C)C)c1OC(C)(C)C. The monoisotopic (exact) mass is 795 g/mol. The molecule has 0 heterocycles. The molecule has 0 saturated heterocycles. The summed E-state index contributed by atoms with van der Waals surface area (Å²) in [6, 6.07) is 0. The minimum absolute atomic E-state index is 0.0677. The molecule has 10 nitrogen and oxygen atoms in total. The van der Waals surface area contributed by atoms with E-state index in [1.165, 1.54) is 11.8 Å². The van der Waals surface area contributed by atoms with Crippen LogP contribution in [0.25, 0.3) is 0 Å². The second-order valence-electron chi connectivity index (χ2n) is 21.8. The first kappa shape index (κ1) is 47.9. The van der Waals surface area contributed by atoms with E-state index in [1.807, 2.05) is 166 Å². The molecule has 0 aliphatic rings. The molecule has 0 bridgehead atoms. The van der Waals surface area contributed by atoms with Gasteiger partial charge in [-0.2, -0.15) is 0 Å². The predicted molar refractivity (Wildman–Crippen MR) is 223 cm³/mol. The average Bonchev–Trinajstić information content (AvgIpc) is 2.87. The molecule has 2 N–H and O–H groups in total. The maximum Gasteiger partial charge on any atom is 0.209 e. The zero-order valence-corrected chi connectivity index (χ0v) is 39.4. The van der Waals surface area contributed by atoms with Crippen LogP contribution < -0.4 is 37.9 Å². The molecule has 2 aromatic rings. The quantitative estimate of drug-likeness (QED) is 0.239. The maximum atomic E-state index is 12.2. The van der Waals surface area contributed by atoms with Gasteiger partial charge in [0.1, 0.15) is 54.6 Å². The van der Waals surface area contributed by atoms with Gasteiger partial charge in [0.15, 0.2) is 23.0 Å². The molecule has 0 aliphatic carbocycles. The van der Waals surface area contributed by atoms with Crippen molar-refractivity contribution < 1.29 is 48.1 Å². The fourth-order valence-electron chi connectivity index (χ4n) is 4.74. The van der Waals surface area contributed by atoms with Crippen LogP contribution >= 0.6 is 11.8 Å². The van der Waals surface area contributed by atoms with Gasteiger partial charge in [0.2, 0.25) is 34.5 Å². The highest BCUT2D eigenvalue weighted by molar-refractivity contribution is 7.99. The first-order chi connectivity index (χ1) is 24.1. The lowest BCUT2D eigenvalue weighted by Crippen LogP contribution is -2.30. The Hall–Kier alpha value is -3.21. The molecule has 55 heavy (non-hydrogen) atoms. The third-order valence-electron chi connectivity index (χ3n) is 5.98. The van der Waals surface area contributed by atoms with Crippen molar-refractivity contribution in [2.75, 3.05) is 0 Å². The van der Waals surface area contributed by atoms with Crippen molar-refractivity contribution in [1.82, 2.24) is 0 Å². The van der Waals surface area contributed by atoms with Crippen LogP contribution in [0.3, 0.4) is 0 Å². The van der Waals surface area contributed by atoms with Crippen LogP contribution in [0, 0.1) is 0 Å². The Morgan fingerprint density at radius 1 is 0.255 bits per heavy atom. The molecule has 0 unspecified atom stereocenters. The van der Waals surface area contributed by atoms with Crippen molar-refractivity contribution in [3.63, 3.8) is 0 Å². The smallest absolute Gasteiger partial charge is 0.209 e. The summed E-state index contributed by atoms with van der Waals surface area (Å²) in [5.41, 5.74) is -6.24. The standard InChI is InChI=1S/C44H74O10S/c1-37(2,3)47-27-25(45)28(48-38(4,5)6)32(52-42(16,17)18)35(31(27)51-41(13,14)15)55-36-33(53-43(19,20)21)29(49-39(7,8)9)26(46)30(50-40(10,11)12)34(36)54-44(22,23)24/h45-46H,1-24H3. The highest BCUT2D eigenvalue weighted by atomic mass is 32.2. The molecule has 0 atom stereocenters. The largest absolute Gasteiger partial charge is 0.501 e. The fraction of sp³-hybridized carbons (Fsp3) is 0.727. The van der Waals surface area contributed by atoms with Crippen molar-refractivity contribution >= 4 is 11.8 Å². The molecule has 0 saturated carbocycles. The Balaban J connectivity index is 3.60.